The minimum Gasteiger partial charge on any atom is -0.460 e. The highest BCUT2D eigenvalue weighted by atomic mass is 79.9. The minimum absolute atomic E-state index is 0.0351. The van der Waals surface area contributed by atoms with Crippen molar-refractivity contribution in [3.8, 4) is 0 Å². The Bertz CT molecular complexity index is 237. The molecule has 0 amide bonds. The molecular formula is C10H14Br2Cl2O2. The molecule has 0 spiro atoms. The van der Waals surface area contributed by atoms with Crippen LogP contribution in [0.4, 0.5) is 0 Å². The van der Waals surface area contributed by atoms with E-state index < -0.39 is 0 Å². The van der Waals surface area contributed by atoms with Crippen LogP contribution in [0.3, 0.4) is 0 Å². The molecule has 0 bridgehead atoms. The molecule has 0 aromatic heterocycles. The number of ether oxygens (including phenoxy) is 1. The molecule has 1 saturated carbocycles. The maximum atomic E-state index is 11.8. The monoisotopic (exact) mass is 394 g/mol. The number of hydrogen-bond donors (Lipinski definition) is 0. The van der Waals surface area contributed by atoms with Crippen LogP contribution in [-0.2, 0) is 9.53 Å². The van der Waals surface area contributed by atoms with E-state index in [2.05, 4.69) is 31.9 Å². The molecule has 94 valence electrons. The molecule has 0 aliphatic heterocycles. The fraction of sp³-hybridized carbons (Fsp3) is 0.900. The van der Waals surface area contributed by atoms with E-state index in [1.807, 2.05) is 0 Å². The van der Waals surface area contributed by atoms with Crippen LogP contribution in [-0.4, -0.2) is 33.5 Å². The highest BCUT2D eigenvalue weighted by molar-refractivity contribution is 9.12. The first kappa shape index (κ1) is 15.1. The molecule has 1 rings (SSSR count). The van der Waals surface area contributed by atoms with Gasteiger partial charge in [0.25, 0.3) is 0 Å². The van der Waals surface area contributed by atoms with Gasteiger partial charge in [-0.3, -0.25) is 4.79 Å². The topological polar surface area (TPSA) is 26.3 Å². The van der Waals surface area contributed by atoms with Gasteiger partial charge in [0.05, 0.1) is 17.7 Å². The van der Waals surface area contributed by atoms with Gasteiger partial charge in [-0.05, 0) is 19.3 Å². The van der Waals surface area contributed by atoms with E-state index >= 15 is 0 Å². The molecule has 0 unspecified atom stereocenters. The van der Waals surface area contributed by atoms with E-state index in [0.29, 0.717) is 9.65 Å². The van der Waals surface area contributed by atoms with Gasteiger partial charge in [-0.1, -0.05) is 31.9 Å². The van der Waals surface area contributed by atoms with Gasteiger partial charge in [0.1, 0.15) is 6.10 Å². The van der Waals surface area contributed by atoms with E-state index in [1.54, 1.807) is 0 Å². The molecule has 0 heterocycles. The van der Waals surface area contributed by atoms with Gasteiger partial charge in [-0.2, -0.15) is 0 Å². The van der Waals surface area contributed by atoms with Crippen molar-refractivity contribution in [3.05, 3.63) is 0 Å². The summed E-state index contributed by atoms with van der Waals surface area (Å²) in [5, 5.41) is 0. The number of halogens is 4. The summed E-state index contributed by atoms with van der Waals surface area (Å²) in [5.41, 5.74) is 0. The highest BCUT2D eigenvalue weighted by Crippen LogP contribution is 2.34. The standard InChI is InChI=1S/C10H14Br2Cl2O2/c11-8-2-1-6(3-9(8)12)10(15)16-7(4-13)5-14/h6-9H,1-5H2/t6-,8+,9-/m1/s1. The van der Waals surface area contributed by atoms with Gasteiger partial charge in [0.15, 0.2) is 0 Å². The fourth-order valence-electron chi connectivity index (χ4n) is 1.66. The predicted molar refractivity (Wildman–Crippen MR) is 74.1 cm³/mol. The second-order valence-corrected chi connectivity index (χ2v) is 6.88. The van der Waals surface area contributed by atoms with Crippen molar-refractivity contribution < 1.29 is 9.53 Å². The second kappa shape index (κ2) is 7.45. The summed E-state index contributed by atoms with van der Waals surface area (Å²) < 4.78 is 5.23. The zero-order valence-corrected chi connectivity index (χ0v) is 13.4. The summed E-state index contributed by atoms with van der Waals surface area (Å²) in [6, 6.07) is 0. The van der Waals surface area contributed by atoms with Crippen molar-refractivity contribution >= 4 is 61.0 Å². The first-order valence-electron chi connectivity index (χ1n) is 5.19. The second-order valence-electron chi connectivity index (χ2n) is 3.91. The Morgan fingerprint density at radius 1 is 1.25 bits per heavy atom. The van der Waals surface area contributed by atoms with Crippen LogP contribution in [0.1, 0.15) is 19.3 Å². The average molecular weight is 397 g/mol. The molecule has 0 aromatic carbocycles. The Labute approximate surface area is 123 Å². The van der Waals surface area contributed by atoms with E-state index in [-0.39, 0.29) is 29.8 Å². The van der Waals surface area contributed by atoms with E-state index in [9.17, 15) is 4.79 Å². The Morgan fingerprint density at radius 2 is 1.88 bits per heavy atom. The SMILES string of the molecule is O=C(OC(CCl)CCl)[C@@H]1CC[C@H](Br)[C@H](Br)C1. The van der Waals surface area contributed by atoms with E-state index in [4.69, 9.17) is 27.9 Å². The van der Waals surface area contributed by atoms with Crippen LogP contribution in [0.2, 0.25) is 0 Å². The molecule has 0 aromatic rings. The van der Waals surface area contributed by atoms with Crippen LogP contribution >= 0.6 is 55.1 Å². The minimum atomic E-state index is -0.369. The molecule has 0 N–H and O–H groups in total. The van der Waals surface area contributed by atoms with Gasteiger partial charge < -0.3 is 4.74 Å². The van der Waals surface area contributed by atoms with Gasteiger partial charge in [-0.25, -0.2) is 0 Å². The third kappa shape index (κ3) is 4.35. The number of carbonyl (C=O) groups excluding carboxylic acids is 1. The average Bonchev–Trinajstić information content (AvgIpc) is 2.29. The maximum absolute atomic E-state index is 11.8. The van der Waals surface area contributed by atoms with Crippen molar-refractivity contribution in [3.63, 3.8) is 0 Å². The summed E-state index contributed by atoms with van der Waals surface area (Å²) in [6.07, 6.45) is 2.26. The molecular weight excluding hydrogens is 383 g/mol. The van der Waals surface area contributed by atoms with Crippen molar-refractivity contribution in [1.29, 1.82) is 0 Å². The van der Waals surface area contributed by atoms with Crippen molar-refractivity contribution in [2.75, 3.05) is 11.8 Å². The lowest BCUT2D eigenvalue weighted by atomic mass is 9.89. The zero-order chi connectivity index (χ0) is 12.1. The Balaban J connectivity index is 2.42. The third-order valence-corrected chi connectivity index (χ3v) is 6.16. The maximum Gasteiger partial charge on any atom is 0.309 e. The molecule has 3 atom stereocenters. The number of alkyl halides is 4. The van der Waals surface area contributed by atoms with Crippen LogP contribution in [0.5, 0.6) is 0 Å². The molecule has 6 heteroatoms. The van der Waals surface area contributed by atoms with Crippen molar-refractivity contribution in [2.24, 2.45) is 5.92 Å². The molecule has 1 aliphatic carbocycles. The summed E-state index contributed by atoms with van der Waals surface area (Å²) in [7, 11) is 0. The summed E-state index contributed by atoms with van der Waals surface area (Å²) in [4.78, 5) is 12.6. The lowest BCUT2D eigenvalue weighted by Gasteiger charge is -2.29. The smallest absolute Gasteiger partial charge is 0.309 e. The van der Waals surface area contributed by atoms with Crippen molar-refractivity contribution in [1.82, 2.24) is 0 Å². The van der Waals surface area contributed by atoms with Crippen LogP contribution < -0.4 is 0 Å². The molecule has 16 heavy (non-hydrogen) atoms. The first-order valence-corrected chi connectivity index (χ1v) is 8.09. The quantitative estimate of drug-likeness (QED) is 0.535. The molecule has 0 saturated heterocycles. The zero-order valence-electron chi connectivity index (χ0n) is 8.67. The Hall–Kier alpha value is 1.01. The molecule has 0 radical (unpaired) electrons. The number of carbonyl (C=O) groups is 1. The molecule has 1 aliphatic rings. The van der Waals surface area contributed by atoms with Crippen LogP contribution in [0.15, 0.2) is 0 Å². The lowest BCUT2D eigenvalue weighted by Crippen LogP contribution is -2.33. The summed E-state index contributed by atoms with van der Waals surface area (Å²) >= 11 is 18.4. The first-order chi connectivity index (χ1) is 7.58. The highest BCUT2D eigenvalue weighted by Gasteiger charge is 2.32. The lowest BCUT2D eigenvalue weighted by molar-refractivity contribution is -0.153. The Morgan fingerprint density at radius 3 is 2.38 bits per heavy atom. The summed E-state index contributed by atoms with van der Waals surface area (Å²) in [6.45, 7) is 0. The fourth-order valence-corrected chi connectivity index (χ4v) is 3.31. The number of hydrogen-bond acceptors (Lipinski definition) is 2. The Kier molecular flexibility index (Phi) is 7.01. The van der Waals surface area contributed by atoms with Gasteiger partial charge >= 0.3 is 5.97 Å². The van der Waals surface area contributed by atoms with Crippen molar-refractivity contribution in [2.45, 2.75) is 35.0 Å². The normalized spacial score (nSPS) is 30.4. The van der Waals surface area contributed by atoms with Crippen LogP contribution in [0.25, 0.3) is 0 Å². The summed E-state index contributed by atoms with van der Waals surface area (Å²) in [5.74, 6) is 0.295. The van der Waals surface area contributed by atoms with Gasteiger partial charge in [0.2, 0.25) is 0 Å². The number of rotatable bonds is 4. The number of esters is 1. The van der Waals surface area contributed by atoms with E-state index in [0.717, 1.165) is 19.3 Å². The van der Waals surface area contributed by atoms with Crippen LogP contribution in [0, 0.1) is 5.92 Å². The van der Waals surface area contributed by atoms with E-state index in [1.165, 1.54) is 0 Å². The molecule has 1 fully saturated rings. The van der Waals surface area contributed by atoms with Gasteiger partial charge in [-0.15, -0.1) is 23.2 Å². The largest absolute Gasteiger partial charge is 0.460 e. The third-order valence-electron chi connectivity index (χ3n) is 2.65. The van der Waals surface area contributed by atoms with Gasteiger partial charge in [0, 0.05) is 9.65 Å². The predicted octanol–water partition coefficient (Wildman–Crippen LogP) is 3.70. The molecule has 2 nitrogen and oxygen atoms in total.